The second-order valence-electron chi connectivity index (χ2n) is 5.94. The minimum absolute atomic E-state index is 0.261. The van der Waals surface area contributed by atoms with Gasteiger partial charge in [-0.25, -0.2) is 4.79 Å². The second kappa shape index (κ2) is 4.37. The van der Waals surface area contributed by atoms with Crippen LogP contribution in [0.3, 0.4) is 0 Å². The molecule has 0 spiro atoms. The Kier molecular flexibility index (Phi) is 2.83. The van der Waals surface area contributed by atoms with E-state index >= 15 is 0 Å². The third-order valence-corrected chi connectivity index (χ3v) is 4.57. The quantitative estimate of drug-likeness (QED) is 0.575. The molecular weight excluding hydrogens is 222 g/mol. The van der Waals surface area contributed by atoms with Crippen molar-refractivity contribution in [1.82, 2.24) is 0 Å². The Hall–Kier alpha value is -1.40. The molecule has 1 aromatic rings. The van der Waals surface area contributed by atoms with Crippen LogP contribution in [-0.2, 0) is 23.2 Å². The van der Waals surface area contributed by atoms with Gasteiger partial charge in [0, 0.05) is 0 Å². The van der Waals surface area contributed by atoms with Crippen molar-refractivity contribution in [3.8, 4) is 0 Å². The molecule has 3 rings (SSSR count). The first-order valence-electron chi connectivity index (χ1n) is 6.95. The number of hydrogen-bond acceptors (Lipinski definition) is 2. The Labute approximate surface area is 108 Å². The summed E-state index contributed by atoms with van der Waals surface area (Å²) in [5, 5.41) is 0. The van der Waals surface area contributed by atoms with Crippen LogP contribution in [0.5, 0.6) is 0 Å². The molecule has 0 radical (unpaired) electrons. The number of aliphatic imine (C=N–C) groups is 1. The molecule has 1 fully saturated rings. The van der Waals surface area contributed by atoms with E-state index in [1.807, 2.05) is 0 Å². The van der Waals surface area contributed by atoms with Crippen molar-refractivity contribution in [2.24, 2.45) is 10.9 Å². The molecule has 0 saturated heterocycles. The van der Waals surface area contributed by atoms with Crippen LogP contribution in [-0.4, -0.2) is 6.08 Å². The minimum Gasteiger partial charge on any atom is -0.211 e. The molecule has 2 heteroatoms. The van der Waals surface area contributed by atoms with Crippen molar-refractivity contribution in [2.75, 3.05) is 0 Å². The number of benzene rings is 1. The van der Waals surface area contributed by atoms with Crippen LogP contribution in [0.2, 0.25) is 0 Å². The number of nitrogens with zero attached hydrogens (tertiary/aromatic N) is 1. The fourth-order valence-corrected chi connectivity index (χ4v) is 3.64. The lowest BCUT2D eigenvalue weighted by atomic mass is 9.87. The molecule has 0 N–H and O–H groups in total. The molecule has 2 aliphatic rings. The van der Waals surface area contributed by atoms with Crippen molar-refractivity contribution >= 4 is 6.08 Å². The molecule has 2 nitrogen and oxygen atoms in total. The SMILES string of the molecule is CC1Cc2ccc(C3(N=C=O)CCCC3)cc2C1. The first-order chi connectivity index (χ1) is 8.73. The summed E-state index contributed by atoms with van der Waals surface area (Å²) in [6.45, 7) is 2.30. The van der Waals surface area contributed by atoms with Gasteiger partial charge in [-0.05, 0) is 48.3 Å². The van der Waals surface area contributed by atoms with E-state index in [1.54, 1.807) is 6.08 Å². The van der Waals surface area contributed by atoms with Gasteiger partial charge < -0.3 is 0 Å². The van der Waals surface area contributed by atoms with Gasteiger partial charge in [0.15, 0.2) is 0 Å². The number of isocyanates is 1. The lowest BCUT2D eigenvalue weighted by Gasteiger charge is -2.23. The predicted octanol–water partition coefficient (Wildman–Crippen LogP) is 3.53. The summed E-state index contributed by atoms with van der Waals surface area (Å²) < 4.78 is 0. The summed E-state index contributed by atoms with van der Waals surface area (Å²) in [5.74, 6) is 0.754. The Morgan fingerprint density at radius 1 is 1.22 bits per heavy atom. The number of carbonyl (C=O) groups excluding carboxylic acids is 1. The molecule has 0 bridgehead atoms. The van der Waals surface area contributed by atoms with Gasteiger partial charge in [0.2, 0.25) is 6.08 Å². The summed E-state index contributed by atoms with van der Waals surface area (Å²) in [5.41, 5.74) is 3.92. The highest BCUT2D eigenvalue weighted by atomic mass is 16.1. The summed E-state index contributed by atoms with van der Waals surface area (Å²) >= 11 is 0. The molecule has 1 atom stereocenters. The van der Waals surface area contributed by atoms with Crippen LogP contribution >= 0.6 is 0 Å². The van der Waals surface area contributed by atoms with E-state index in [1.165, 1.54) is 42.4 Å². The summed E-state index contributed by atoms with van der Waals surface area (Å²) in [4.78, 5) is 14.9. The maximum Gasteiger partial charge on any atom is 0.235 e. The molecule has 18 heavy (non-hydrogen) atoms. The Morgan fingerprint density at radius 3 is 2.67 bits per heavy atom. The first kappa shape index (κ1) is 11.7. The molecule has 0 heterocycles. The predicted molar refractivity (Wildman–Crippen MR) is 71.3 cm³/mol. The normalized spacial score (nSPS) is 24.6. The number of fused-ring (bicyclic) bond motifs is 1. The Morgan fingerprint density at radius 2 is 1.94 bits per heavy atom. The van der Waals surface area contributed by atoms with Crippen molar-refractivity contribution in [3.63, 3.8) is 0 Å². The highest BCUT2D eigenvalue weighted by Crippen LogP contribution is 2.43. The molecule has 94 valence electrons. The maximum atomic E-state index is 10.7. The van der Waals surface area contributed by atoms with E-state index in [2.05, 4.69) is 30.1 Å². The molecule has 0 aromatic heterocycles. The van der Waals surface area contributed by atoms with Crippen LogP contribution in [0, 0.1) is 5.92 Å². The molecule has 2 aliphatic carbocycles. The first-order valence-corrected chi connectivity index (χ1v) is 6.95. The van der Waals surface area contributed by atoms with Gasteiger partial charge in [-0.15, -0.1) is 0 Å². The fraction of sp³-hybridized carbons (Fsp3) is 0.562. The molecule has 1 aromatic carbocycles. The van der Waals surface area contributed by atoms with Crippen LogP contribution in [0.4, 0.5) is 0 Å². The van der Waals surface area contributed by atoms with E-state index in [4.69, 9.17) is 0 Å². The molecular formula is C16H19NO. The zero-order chi connectivity index (χ0) is 12.6. The number of rotatable bonds is 2. The maximum absolute atomic E-state index is 10.7. The highest BCUT2D eigenvalue weighted by molar-refractivity contribution is 5.43. The molecule has 1 unspecified atom stereocenters. The van der Waals surface area contributed by atoms with Crippen LogP contribution in [0.25, 0.3) is 0 Å². The third-order valence-electron chi connectivity index (χ3n) is 4.57. The molecule has 1 saturated carbocycles. The largest absolute Gasteiger partial charge is 0.235 e. The summed E-state index contributed by atoms with van der Waals surface area (Å²) in [6.07, 6.45) is 8.49. The van der Waals surface area contributed by atoms with Gasteiger partial charge in [0.1, 0.15) is 0 Å². The van der Waals surface area contributed by atoms with E-state index in [0.29, 0.717) is 0 Å². The van der Waals surface area contributed by atoms with Gasteiger partial charge in [-0.3, -0.25) is 0 Å². The van der Waals surface area contributed by atoms with Crippen LogP contribution < -0.4 is 0 Å². The summed E-state index contributed by atoms with van der Waals surface area (Å²) in [7, 11) is 0. The van der Waals surface area contributed by atoms with Gasteiger partial charge in [-0.2, -0.15) is 4.99 Å². The van der Waals surface area contributed by atoms with E-state index in [0.717, 1.165) is 18.8 Å². The van der Waals surface area contributed by atoms with Crippen molar-refractivity contribution < 1.29 is 4.79 Å². The van der Waals surface area contributed by atoms with Gasteiger partial charge in [-0.1, -0.05) is 38.0 Å². The molecule has 0 amide bonds. The number of hydrogen-bond donors (Lipinski definition) is 0. The topological polar surface area (TPSA) is 29.4 Å². The zero-order valence-corrected chi connectivity index (χ0v) is 10.9. The van der Waals surface area contributed by atoms with E-state index < -0.39 is 0 Å². The van der Waals surface area contributed by atoms with Gasteiger partial charge in [0.05, 0.1) is 5.54 Å². The molecule has 0 aliphatic heterocycles. The van der Waals surface area contributed by atoms with Crippen molar-refractivity contribution in [2.45, 2.75) is 51.0 Å². The smallest absolute Gasteiger partial charge is 0.211 e. The zero-order valence-electron chi connectivity index (χ0n) is 10.9. The Balaban J connectivity index is 2.02. The third kappa shape index (κ3) is 1.81. The standard InChI is InChI=1S/C16H19NO/c1-12-8-13-4-5-15(10-14(13)9-12)16(17-11-18)6-2-3-7-16/h4-5,10,12H,2-3,6-9H2,1H3. The second-order valence-corrected chi connectivity index (χ2v) is 5.94. The average Bonchev–Trinajstić information content (AvgIpc) is 2.94. The van der Waals surface area contributed by atoms with Crippen LogP contribution in [0.1, 0.15) is 49.3 Å². The Bertz CT molecular complexity index is 508. The average molecular weight is 241 g/mol. The van der Waals surface area contributed by atoms with Gasteiger partial charge >= 0.3 is 0 Å². The van der Waals surface area contributed by atoms with Gasteiger partial charge in [0.25, 0.3) is 0 Å². The van der Waals surface area contributed by atoms with E-state index in [-0.39, 0.29) is 5.54 Å². The van der Waals surface area contributed by atoms with Crippen molar-refractivity contribution in [3.05, 3.63) is 34.9 Å². The minimum atomic E-state index is -0.261. The fourth-order valence-electron chi connectivity index (χ4n) is 3.64. The lowest BCUT2D eigenvalue weighted by molar-refractivity contribution is 0.455. The van der Waals surface area contributed by atoms with E-state index in [9.17, 15) is 4.79 Å². The van der Waals surface area contributed by atoms with Crippen molar-refractivity contribution in [1.29, 1.82) is 0 Å². The monoisotopic (exact) mass is 241 g/mol. The highest BCUT2D eigenvalue weighted by Gasteiger charge is 2.36. The summed E-state index contributed by atoms with van der Waals surface area (Å²) in [6, 6.07) is 6.72. The van der Waals surface area contributed by atoms with Crippen LogP contribution in [0.15, 0.2) is 23.2 Å². The lowest BCUT2D eigenvalue weighted by Crippen LogP contribution is -2.19.